The number of nitrogens with zero attached hydrogens (tertiary/aromatic N) is 1. The van der Waals surface area contributed by atoms with Gasteiger partial charge in [-0.25, -0.2) is 0 Å². The van der Waals surface area contributed by atoms with Gasteiger partial charge in [-0.2, -0.15) is 11.8 Å². The quantitative estimate of drug-likeness (QED) is 0.800. The van der Waals surface area contributed by atoms with Crippen molar-refractivity contribution in [3.63, 3.8) is 0 Å². The average molecular weight is 286 g/mol. The van der Waals surface area contributed by atoms with Crippen molar-refractivity contribution in [2.45, 2.75) is 32.2 Å². The zero-order valence-electron chi connectivity index (χ0n) is 11.9. The Labute approximate surface area is 120 Å². The van der Waals surface area contributed by atoms with Crippen molar-refractivity contribution in [2.24, 2.45) is 5.92 Å². The van der Waals surface area contributed by atoms with E-state index in [9.17, 15) is 4.79 Å². The molecular weight excluding hydrogens is 260 g/mol. The summed E-state index contributed by atoms with van der Waals surface area (Å²) in [5, 5.41) is 2.98. The molecule has 0 radical (unpaired) electrons. The maximum absolute atomic E-state index is 11.5. The van der Waals surface area contributed by atoms with E-state index < -0.39 is 0 Å². The molecule has 0 unspecified atom stereocenters. The molecule has 2 aliphatic heterocycles. The number of rotatable bonds is 6. The number of hydrogen-bond acceptors (Lipinski definition) is 4. The normalized spacial score (nSPS) is 25.6. The van der Waals surface area contributed by atoms with Gasteiger partial charge in [-0.3, -0.25) is 9.69 Å². The number of amides is 1. The third-order valence-electron chi connectivity index (χ3n) is 4.10. The average Bonchev–Trinajstić information content (AvgIpc) is 2.97. The summed E-state index contributed by atoms with van der Waals surface area (Å²) in [4.78, 5) is 14.1. The van der Waals surface area contributed by atoms with Gasteiger partial charge in [0, 0.05) is 24.9 Å². The highest BCUT2D eigenvalue weighted by Gasteiger charge is 2.27. The molecule has 0 aromatic rings. The molecule has 1 amide bonds. The van der Waals surface area contributed by atoms with Crippen molar-refractivity contribution in [3.05, 3.63) is 0 Å². The SMILES string of the molecule is CCOCC(=O)NCC1CCN([C@@H]2CCSC2)CC1. The summed E-state index contributed by atoms with van der Waals surface area (Å²) in [6, 6.07) is 0.818. The van der Waals surface area contributed by atoms with Crippen molar-refractivity contribution < 1.29 is 9.53 Å². The smallest absolute Gasteiger partial charge is 0.246 e. The molecule has 0 aromatic carbocycles. The molecule has 2 fully saturated rings. The topological polar surface area (TPSA) is 41.6 Å². The number of ether oxygens (including phenoxy) is 1. The van der Waals surface area contributed by atoms with Crippen LogP contribution >= 0.6 is 11.8 Å². The summed E-state index contributed by atoms with van der Waals surface area (Å²) in [5.41, 5.74) is 0. The molecule has 1 N–H and O–H groups in total. The van der Waals surface area contributed by atoms with Crippen molar-refractivity contribution in [3.8, 4) is 0 Å². The molecule has 5 heteroatoms. The summed E-state index contributed by atoms with van der Waals surface area (Å²) in [7, 11) is 0. The van der Waals surface area contributed by atoms with Crippen molar-refractivity contribution in [1.82, 2.24) is 10.2 Å². The minimum atomic E-state index is 0.0245. The molecule has 1 atom stereocenters. The van der Waals surface area contributed by atoms with Crippen LogP contribution in [-0.4, -0.2) is 61.2 Å². The predicted molar refractivity (Wildman–Crippen MR) is 79.5 cm³/mol. The first-order chi connectivity index (χ1) is 9.29. The number of piperidine rings is 1. The molecule has 19 heavy (non-hydrogen) atoms. The van der Waals surface area contributed by atoms with Crippen LogP contribution in [0.25, 0.3) is 0 Å². The Balaban J connectivity index is 1.59. The maximum Gasteiger partial charge on any atom is 0.246 e. The van der Waals surface area contributed by atoms with Gasteiger partial charge in [-0.1, -0.05) is 0 Å². The second-order valence-electron chi connectivity index (χ2n) is 5.44. The monoisotopic (exact) mass is 286 g/mol. The third-order valence-corrected chi connectivity index (χ3v) is 5.24. The zero-order chi connectivity index (χ0) is 13.5. The molecule has 0 bridgehead atoms. The lowest BCUT2D eigenvalue weighted by Gasteiger charge is -2.35. The standard InChI is InChI=1S/C14H26N2O2S/c1-2-18-10-14(17)15-9-12-3-6-16(7-4-12)13-5-8-19-11-13/h12-13H,2-11H2,1H3,(H,15,17)/t13-/m1/s1. The highest BCUT2D eigenvalue weighted by Crippen LogP contribution is 2.26. The number of thioether (sulfide) groups is 1. The Morgan fingerprint density at radius 2 is 2.16 bits per heavy atom. The predicted octanol–water partition coefficient (Wildman–Crippen LogP) is 1.36. The Kier molecular flexibility index (Phi) is 6.47. The van der Waals surface area contributed by atoms with Crippen LogP contribution in [0.2, 0.25) is 0 Å². The summed E-state index contributed by atoms with van der Waals surface area (Å²) in [6.07, 6.45) is 3.80. The minimum Gasteiger partial charge on any atom is -0.372 e. The van der Waals surface area contributed by atoms with E-state index in [4.69, 9.17) is 4.74 Å². The van der Waals surface area contributed by atoms with E-state index in [1.165, 1.54) is 43.9 Å². The number of hydrogen-bond donors (Lipinski definition) is 1. The zero-order valence-corrected chi connectivity index (χ0v) is 12.7. The lowest BCUT2D eigenvalue weighted by Crippen LogP contribution is -2.44. The van der Waals surface area contributed by atoms with Crippen LogP contribution in [0.3, 0.4) is 0 Å². The molecule has 2 aliphatic rings. The fraction of sp³-hybridized carbons (Fsp3) is 0.929. The van der Waals surface area contributed by atoms with Gasteiger partial charge in [0.25, 0.3) is 0 Å². The van der Waals surface area contributed by atoms with Crippen LogP contribution in [0.5, 0.6) is 0 Å². The van der Waals surface area contributed by atoms with Gasteiger partial charge >= 0.3 is 0 Å². The summed E-state index contributed by atoms with van der Waals surface area (Å²) in [5.74, 6) is 3.32. The highest BCUT2D eigenvalue weighted by atomic mass is 32.2. The summed E-state index contributed by atoms with van der Waals surface area (Å²) < 4.78 is 5.10. The van der Waals surface area contributed by atoms with Crippen LogP contribution in [-0.2, 0) is 9.53 Å². The first kappa shape index (κ1) is 15.1. The molecule has 0 spiro atoms. The fourth-order valence-electron chi connectivity index (χ4n) is 2.84. The second-order valence-corrected chi connectivity index (χ2v) is 6.59. The van der Waals surface area contributed by atoms with E-state index in [-0.39, 0.29) is 12.5 Å². The number of carbonyl (C=O) groups excluding carboxylic acids is 1. The largest absolute Gasteiger partial charge is 0.372 e. The maximum atomic E-state index is 11.5. The molecule has 2 saturated heterocycles. The molecule has 2 heterocycles. The van der Waals surface area contributed by atoms with E-state index in [0.717, 1.165) is 12.6 Å². The fourth-order valence-corrected chi connectivity index (χ4v) is 4.09. The molecule has 0 aromatic heterocycles. The van der Waals surface area contributed by atoms with E-state index in [1.807, 2.05) is 6.92 Å². The number of carbonyl (C=O) groups is 1. The Morgan fingerprint density at radius 1 is 1.37 bits per heavy atom. The molecule has 4 nitrogen and oxygen atoms in total. The molecule has 2 rings (SSSR count). The number of likely N-dealkylation sites (tertiary alicyclic amines) is 1. The van der Waals surface area contributed by atoms with Crippen LogP contribution < -0.4 is 5.32 Å². The van der Waals surface area contributed by atoms with Crippen LogP contribution in [0.1, 0.15) is 26.2 Å². The van der Waals surface area contributed by atoms with Gasteiger partial charge in [-0.05, 0) is 50.9 Å². The first-order valence-electron chi connectivity index (χ1n) is 7.45. The third kappa shape index (κ3) is 4.97. The van der Waals surface area contributed by atoms with Gasteiger partial charge in [0.2, 0.25) is 5.91 Å². The molecule has 110 valence electrons. The van der Waals surface area contributed by atoms with Crippen LogP contribution in [0, 0.1) is 5.92 Å². The lowest BCUT2D eigenvalue weighted by molar-refractivity contribution is -0.125. The minimum absolute atomic E-state index is 0.0245. The van der Waals surface area contributed by atoms with E-state index >= 15 is 0 Å². The van der Waals surface area contributed by atoms with Crippen molar-refractivity contribution in [2.75, 3.05) is 44.4 Å². The van der Waals surface area contributed by atoms with Crippen LogP contribution in [0.15, 0.2) is 0 Å². The van der Waals surface area contributed by atoms with Crippen molar-refractivity contribution in [1.29, 1.82) is 0 Å². The summed E-state index contributed by atoms with van der Waals surface area (Å²) >= 11 is 2.09. The van der Waals surface area contributed by atoms with Gasteiger partial charge in [0.1, 0.15) is 6.61 Å². The molecule has 0 saturated carbocycles. The summed E-state index contributed by atoms with van der Waals surface area (Å²) in [6.45, 7) is 5.94. The van der Waals surface area contributed by atoms with Crippen LogP contribution in [0.4, 0.5) is 0 Å². The van der Waals surface area contributed by atoms with E-state index in [0.29, 0.717) is 12.5 Å². The Hall–Kier alpha value is -0.260. The van der Waals surface area contributed by atoms with Gasteiger partial charge in [0.05, 0.1) is 0 Å². The van der Waals surface area contributed by atoms with E-state index in [2.05, 4.69) is 22.0 Å². The highest BCUT2D eigenvalue weighted by molar-refractivity contribution is 7.99. The molecular formula is C14H26N2O2S. The second kappa shape index (κ2) is 8.12. The molecule has 0 aliphatic carbocycles. The lowest BCUT2D eigenvalue weighted by atomic mass is 9.95. The van der Waals surface area contributed by atoms with Gasteiger partial charge in [0.15, 0.2) is 0 Å². The Bertz CT molecular complexity index is 275. The Morgan fingerprint density at radius 3 is 2.79 bits per heavy atom. The first-order valence-corrected chi connectivity index (χ1v) is 8.61. The number of nitrogens with one attached hydrogen (secondary N) is 1. The van der Waals surface area contributed by atoms with E-state index in [1.54, 1.807) is 0 Å². The van der Waals surface area contributed by atoms with Gasteiger partial charge in [-0.15, -0.1) is 0 Å². The van der Waals surface area contributed by atoms with Crippen molar-refractivity contribution >= 4 is 17.7 Å². The van der Waals surface area contributed by atoms with Gasteiger partial charge < -0.3 is 10.1 Å².